The molecular weight excluding hydrogens is 240 g/mol. The van der Waals surface area contributed by atoms with Gasteiger partial charge in [0.25, 0.3) is 5.56 Å². The van der Waals surface area contributed by atoms with Gasteiger partial charge in [0.1, 0.15) is 5.02 Å². The molecule has 3 N–H and O–H groups in total. The largest absolute Gasteiger partial charge is 0.378 e. The molecule has 1 aromatic heterocycles. The third-order valence-corrected chi connectivity index (χ3v) is 3.05. The lowest BCUT2D eigenvalue weighted by atomic mass is 10.0. The highest BCUT2D eigenvalue weighted by Crippen LogP contribution is 2.18. The average molecular weight is 259 g/mol. The van der Waals surface area contributed by atoms with Gasteiger partial charge in [0.2, 0.25) is 0 Å². The number of aryl methyl sites for hydroxylation is 1. The molecule has 0 radical (unpaired) electrons. The predicted molar refractivity (Wildman–Crippen MR) is 70.5 cm³/mol. The van der Waals surface area contributed by atoms with Gasteiger partial charge >= 0.3 is 0 Å². The van der Waals surface area contributed by atoms with E-state index in [4.69, 9.17) is 17.3 Å². The third-order valence-electron chi connectivity index (χ3n) is 2.68. The van der Waals surface area contributed by atoms with Gasteiger partial charge in [0, 0.05) is 19.1 Å². The van der Waals surface area contributed by atoms with Crippen molar-refractivity contribution >= 4 is 17.3 Å². The van der Waals surface area contributed by atoms with Gasteiger partial charge in [-0.15, -0.1) is 0 Å². The molecule has 0 amide bonds. The summed E-state index contributed by atoms with van der Waals surface area (Å²) >= 11 is 6.01. The van der Waals surface area contributed by atoms with Gasteiger partial charge in [-0.25, -0.2) is 4.68 Å². The summed E-state index contributed by atoms with van der Waals surface area (Å²) in [5, 5.41) is 7.34. The second-order valence-corrected chi connectivity index (χ2v) is 4.60. The molecule has 1 unspecified atom stereocenters. The maximum absolute atomic E-state index is 11.8. The van der Waals surface area contributed by atoms with Crippen LogP contribution in [0.4, 0.5) is 5.69 Å². The molecular formula is C11H19ClN4O. The van der Waals surface area contributed by atoms with E-state index in [0.717, 1.165) is 0 Å². The predicted octanol–water partition coefficient (Wildman–Crippen LogP) is 1.31. The van der Waals surface area contributed by atoms with Crippen molar-refractivity contribution in [2.45, 2.75) is 33.4 Å². The molecule has 0 aliphatic carbocycles. The molecule has 0 saturated heterocycles. The first-order valence-electron chi connectivity index (χ1n) is 5.73. The molecule has 0 bridgehead atoms. The fourth-order valence-electron chi connectivity index (χ4n) is 1.49. The second kappa shape index (κ2) is 6.02. The minimum Gasteiger partial charge on any atom is -0.378 e. The first-order chi connectivity index (χ1) is 8.01. The Morgan fingerprint density at radius 2 is 2.24 bits per heavy atom. The molecule has 1 rings (SSSR count). The molecule has 5 nitrogen and oxygen atoms in total. The number of anilines is 1. The van der Waals surface area contributed by atoms with Gasteiger partial charge < -0.3 is 11.1 Å². The molecule has 0 spiro atoms. The Hall–Kier alpha value is -1.07. The minimum absolute atomic E-state index is 0.0752. The first kappa shape index (κ1) is 14.0. The Morgan fingerprint density at radius 3 is 2.71 bits per heavy atom. The van der Waals surface area contributed by atoms with E-state index >= 15 is 0 Å². The Balaban J connectivity index is 3.00. The Morgan fingerprint density at radius 1 is 1.59 bits per heavy atom. The molecule has 0 saturated carbocycles. The number of hydrogen-bond donors (Lipinski definition) is 2. The maximum Gasteiger partial charge on any atom is 0.287 e. The average Bonchev–Trinajstić information content (AvgIpc) is 2.30. The molecule has 1 aromatic rings. The maximum atomic E-state index is 11.8. The Labute approximate surface area is 106 Å². The number of nitrogens with zero attached hydrogens (tertiary/aromatic N) is 2. The lowest BCUT2D eigenvalue weighted by molar-refractivity contribution is 0.530. The highest BCUT2D eigenvalue weighted by Gasteiger charge is 2.15. The van der Waals surface area contributed by atoms with Crippen molar-refractivity contribution in [1.29, 1.82) is 0 Å². The van der Waals surface area contributed by atoms with Crippen LogP contribution in [0.3, 0.4) is 0 Å². The summed E-state index contributed by atoms with van der Waals surface area (Å²) in [7, 11) is 0. The lowest BCUT2D eigenvalue weighted by Crippen LogP contribution is -2.35. The van der Waals surface area contributed by atoms with Crippen LogP contribution in [0.25, 0.3) is 0 Å². The quantitative estimate of drug-likeness (QED) is 0.835. The summed E-state index contributed by atoms with van der Waals surface area (Å²) in [5.41, 5.74) is 5.92. The zero-order valence-corrected chi connectivity index (χ0v) is 11.2. The van der Waals surface area contributed by atoms with E-state index < -0.39 is 0 Å². The van der Waals surface area contributed by atoms with Crippen LogP contribution in [0, 0.1) is 5.92 Å². The number of halogens is 1. The number of nitrogens with one attached hydrogen (secondary N) is 1. The van der Waals surface area contributed by atoms with Gasteiger partial charge in [-0.1, -0.05) is 25.4 Å². The van der Waals surface area contributed by atoms with Crippen molar-refractivity contribution in [2.75, 3.05) is 11.9 Å². The summed E-state index contributed by atoms with van der Waals surface area (Å²) in [6, 6.07) is 0.0752. The number of rotatable bonds is 5. The number of nitrogens with two attached hydrogens (primary N) is 1. The monoisotopic (exact) mass is 258 g/mol. The molecule has 0 aliphatic rings. The molecule has 0 aliphatic heterocycles. The van der Waals surface area contributed by atoms with E-state index in [1.807, 2.05) is 6.92 Å². The highest BCUT2D eigenvalue weighted by molar-refractivity contribution is 6.32. The summed E-state index contributed by atoms with van der Waals surface area (Å²) in [6.07, 6.45) is 1.57. The van der Waals surface area contributed by atoms with E-state index in [-0.39, 0.29) is 16.6 Å². The van der Waals surface area contributed by atoms with E-state index in [2.05, 4.69) is 24.3 Å². The minimum atomic E-state index is -0.279. The first-order valence-corrected chi connectivity index (χ1v) is 6.11. The lowest BCUT2D eigenvalue weighted by Gasteiger charge is -2.22. The van der Waals surface area contributed by atoms with E-state index in [9.17, 15) is 4.79 Å². The smallest absolute Gasteiger partial charge is 0.287 e. The molecule has 0 aromatic carbocycles. The summed E-state index contributed by atoms with van der Waals surface area (Å²) in [5.74, 6) is 0.352. The summed E-state index contributed by atoms with van der Waals surface area (Å²) in [4.78, 5) is 11.8. The van der Waals surface area contributed by atoms with Crippen molar-refractivity contribution in [2.24, 2.45) is 11.7 Å². The van der Waals surface area contributed by atoms with Crippen LogP contribution >= 0.6 is 11.6 Å². The Kier molecular flexibility index (Phi) is 4.96. The second-order valence-electron chi connectivity index (χ2n) is 4.22. The fourth-order valence-corrected chi connectivity index (χ4v) is 1.69. The van der Waals surface area contributed by atoms with Crippen LogP contribution in [-0.4, -0.2) is 22.4 Å². The van der Waals surface area contributed by atoms with E-state index in [0.29, 0.717) is 24.7 Å². The van der Waals surface area contributed by atoms with E-state index in [1.165, 1.54) is 4.68 Å². The van der Waals surface area contributed by atoms with Crippen molar-refractivity contribution in [1.82, 2.24) is 9.78 Å². The van der Waals surface area contributed by atoms with Crippen molar-refractivity contribution < 1.29 is 0 Å². The van der Waals surface area contributed by atoms with Crippen LogP contribution in [-0.2, 0) is 6.54 Å². The van der Waals surface area contributed by atoms with Crippen molar-refractivity contribution in [3.8, 4) is 0 Å². The molecule has 1 atom stereocenters. The van der Waals surface area contributed by atoms with Crippen LogP contribution < -0.4 is 16.6 Å². The van der Waals surface area contributed by atoms with Crippen LogP contribution in [0.2, 0.25) is 5.02 Å². The van der Waals surface area contributed by atoms with Crippen LogP contribution in [0.15, 0.2) is 11.0 Å². The Bertz CT molecular complexity index is 430. The van der Waals surface area contributed by atoms with E-state index in [1.54, 1.807) is 6.20 Å². The zero-order chi connectivity index (χ0) is 13.0. The van der Waals surface area contributed by atoms with Gasteiger partial charge in [-0.05, 0) is 12.8 Å². The van der Waals surface area contributed by atoms with Crippen molar-refractivity contribution in [3.63, 3.8) is 0 Å². The molecule has 0 fully saturated rings. The fraction of sp³-hybridized carbons (Fsp3) is 0.636. The molecule has 96 valence electrons. The van der Waals surface area contributed by atoms with Gasteiger partial charge in [-0.2, -0.15) is 5.10 Å². The highest BCUT2D eigenvalue weighted by atomic mass is 35.5. The molecule has 17 heavy (non-hydrogen) atoms. The standard InChI is InChI=1S/C11H19ClN4O/c1-4-16-11(17)10(12)9(6-14-16)15-8(5-13)7(2)3/h6-8,15H,4-5,13H2,1-3H3. The van der Waals surface area contributed by atoms with Gasteiger partial charge in [-0.3, -0.25) is 4.79 Å². The van der Waals surface area contributed by atoms with Gasteiger partial charge in [0.05, 0.1) is 11.9 Å². The summed E-state index contributed by atoms with van der Waals surface area (Å²) in [6.45, 7) is 6.93. The van der Waals surface area contributed by atoms with Crippen LogP contribution in [0.1, 0.15) is 20.8 Å². The number of aromatic nitrogens is 2. The topological polar surface area (TPSA) is 72.9 Å². The van der Waals surface area contributed by atoms with Gasteiger partial charge in [0.15, 0.2) is 0 Å². The van der Waals surface area contributed by atoms with Crippen LogP contribution in [0.5, 0.6) is 0 Å². The number of hydrogen-bond acceptors (Lipinski definition) is 4. The summed E-state index contributed by atoms with van der Waals surface area (Å²) < 4.78 is 1.32. The van der Waals surface area contributed by atoms with Crippen molar-refractivity contribution in [3.05, 3.63) is 21.6 Å². The molecule has 6 heteroatoms. The third kappa shape index (κ3) is 3.20. The SMILES string of the molecule is CCn1ncc(NC(CN)C(C)C)c(Cl)c1=O. The normalized spacial score (nSPS) is 12.8. The molecule has 1 heterocycles. The zero-order valence-electron chi connectivity index (χ0n) is 10.4.